The maximum Gasteiger partial charge on any atom is 0.272 e. The first-order valence-corrected chi connectivity index (χ1v) is 9.31. The number of hydrogen-bond donors (Lipinski definition) is 0. The average Bonchev–Trinajstić information content (AvgIpc) is 2.98. The fraction of sp³-hybridized carbons (Fsp3) is 0.526. The number of fused-ring (bicyclic) bond motifs is 1. The van der Waals surface area contributed by atoms with Gasteiger partial charge in [0.05, 0.1) is 24.1 Å². The van der Waals surface area contributed by atoms with E-state index in [1.165, 1.54) is 12.3 Å². The first-order chi connectivity index (χ1) is 12.9. The largest absolute Gasteiger partial charge is 0.369 e. The van der Waals surface area contributed by atoms with Gasteiger partial charge >= 0.3 is 0 Å². The molecule has 0 aromatic carbocycles. The molecule has 1 fully saturated rings. The number of carbonyl (C=O) groups excluding carboxylic acids is 1. The van der Waals surface area contributed by atoms with Gasteiger partial charge < -0.3 is 14.5 Å². The molecular formula is C19H24FN5O2. The Kier molecular flexibility index (Phi) is 4.59. The molecule has 1 amide bonds. The fourth-order valence-electron chi connectivity index (χ4n) is 3.98. The topological polar surface area (TPSA) is 63.5 Å². The predicted molar refractivity (Wildman–Crippen MR) is 98.2 cm³/mol. The van der Waals surface area contributed by atoms with Gasteiger partial charge in [-0.05, 0) is 26.0 Å². The van der Waals surface area contributed by atoms with Crippen LogP contribution in [0.4, 0.5) is 10.2 Å². The summed E-state index contributed by atoms with van der Waals surface area (Å²) in [5.41, 5.74) is 2.55. The fourth-order valence-corrected chi connectivity index (χ4v) is 3.98. The Labute approximate surface area is 157 Å². The summed E-state index contributed by atoms with van der Waals surface area (Å²) >= 11 is 0. The van der Waals surface area contributed by atoms with Crippen LogP contribution < -0.4 is 4.90 Å². The van der Waals surface area contributed by atoms with Crippen molar-refractivity contribution in [3.8, 4) is 0 Å². The summed E-state index contributed by atoms with van der Waals surface area (Å²) < 4.78 is 20.6. The van der Waals surface area contributed by atoms with Gasteiger partial charge in [0.2, 0.25) is 0 Å². The molecular weight excluding hydrogens is 349 g/mol. The molecule has 0 saturated carbocycles. The van der Waals surface area contributed by atoms with Crippen molar-refractivity contribution < 1.29 is 13.9 Å². The highest BCUT2D eigenvalue weighted by Crippen LogP contribution is 2.31. The van der Waals surface area contributed by atoms with Crippen LogP contribution in [0.1, 0.15) is 41.7 Å². The quantitative estimate of drug-likeness (QED) is 0.805. The number of nitrogens with zero attached hydrogens (tertiary/aromatic N) is 5. The lowest BCUT2D eigenvalue weighted by atomic mass is 9.99. The molecule has 144 valence electrons. The van der Waals surface area contributed by atoms with Gasteiger partial charge in [0, 0.05) is 45.2 Å². The molecule has 0 bridgehead atoms. The molecule has 4 rings (SSSR count). The molecule has 0 aliphatic carbocycles. The molecule has 2 aliphatic heterocycles. The zero-order valence-corrected chi connectivity index (χ0v) is 15.9. The number of piperazine rings is 1. The standard InChI is InChI=1S/C19H24FN5O2/c1-12-10-15-17(13(2)27-12)22-23(3)18(15)19(26)25-8-6-24(7-9-25)16-5-4-14(20)11-21-16/h4-5,11-13H,6-10H2,1-3H3/t12-,13+/m1/s1. The summed E-state index contributed by atoms with van der Waals surface area (Å²) in [7, 11) is 1.82. The van der Waals surface area contributed by atoms with E-state index in [-0.39, 0.29) is 23.9 Å². The van der Waals surface area contributed by atoms with Crippen LogP contribution in [-0.4, -0.2) is 57.9 Å². The summed E-state index contributed by atoms with van der Waals surface area (Å²) in [5.74, 6) is 0.404. The van der Waals surface area contributed by atoms with Crippen LogP contribution in [-0.2, 0) is 18.2 Å². The number of carbonyl (C=O) groups is 1. The number of anilines is 1. The minimum absolute atomic E-state index is 0.0132. The molecule has 2 aliphatic rings. The van der Waals surface area contributed by atoms with Crippen LogP contribution in [0.3, 0.4) is 0 Å². The molecule has 4 heterocycles. The number of rotatable bonds is 2. The lowest BCUT2D eigenvalue weighted by Crippen LogP contribution is -2.49. The van der Waals surface area contributed by atoms with E-state index in [9.17, 15) is 9.18 Å². The van der Waals surface area contributed by atoms with Crippen LogP contribution in [0.2, 0.25) is 0 Å². The monoisotopic (exact) mass is 373 g/mol. The highest BCUT2D eigenvalue weighted by Gasteiger charge is 2.33. The van der Waals surface area contributed by atoms with Crippen LogP contribution >= 0.6 is 0 Å². The van der Waals surface area contributed by atoms with Crippen molar-refractivity contribution in [1.82, 2.24) is 19.7 Å². The third kappa shape index (κ3) is 3.29. The van der Waals surface area contributed by atoms with Crippen LogP contribution in [0, 0.1) is 5.82 Å². The molecule has 0 N–H and O–H groups in total. The smallest absolute Gasteiger partial charge is 0.272 e. The van der Waals surface area contributed by atoms with Crippen LogP contribution in [0.25, 0.3) is 0 Å². The second-order valence-electron chi connectivity index (χ2n) is 7.24. The Morgan fingerprint density at radius 2 is 1.96 bits per heavy atom. The van der Waals surface area contributed by atoms with Crippen molar-refractivity contribution >= 4 is 11.7 Å². The van der Waals surface area contributed by atoms with Crippen molar-refractivity contribution in [3.63, 3.8) is 0 Å². The number of hydrogen-bond acceptors (Lipinski definition) is 5. The second kappa shape index (κ2) is 6.92. The summed E-state index contributed by atoms with van der Waals surface area (Å²) in [5, 5.41) is 4.54. The minimum atomic E-state index is -0.346. The molecule has 8 heteroatoms. The number of pyridine rings is 1. The first-order valence-electron chi connectivity index (χ1n) is 9.31. The predicted octanol–water partition coefficient (Wildman–Crippen LogP) is 1.94. The van der Waals surface area contributed by atoms with E-state index in [0.717, 1.165) is 17.1 Å². The number of amides is 1. The molecule has 0 unspecified atom stereocenters. The zero-order chi connectivity index (χ0) is 19.1. The maximum atomic E-state index is 13.2. The van der Waals surface area contributed by atoms with Gasteiger partial charge in [-0.25, -0.2) is 9.37 Å². The van der Waals surface area contributed by atoms with Gasteiger partial charge in [0.25, 0.3) is 5.91 Å². The average molecular weight is 373 g/mol. The summed E-state index contributed by atoms with van der Waals surface area (Å²) in [6.07, 6.45) is 1.90. The Balaban J connectivity index is 1.50. The molecule has 2 aromatic rings. The Morgan fingerprint density at radius 1 is 1.22 bits per heavy atom. The summed E-state index contributed by atoms with van der Waals surface area (Å²) in [4.78, 5) is 21.3. The summed E-state index contributed by atoms with van der Waals surface area (Å²) in [6.45, 7) is 6.53. The Hall–Kier alpha value is -2.48. The van der Waals surface area contributed by atoms with E-state index in [2.05, 4.69) is 15.0 Å². The highest BCUT2D eigenvalue weighted by atomic mass is 19.1. The molecule has 0 radical (unpaired) electrons. The van der Waals surface area contributed by atoms with Gasteiger partial charge in [0.1, 0.15) is 17.3 Å². The third-order valence-corrected chi connectivity index (χ3v) is 5.29. The Bertz CT molecular complexity index is 843. The van der Waals surface area contributed by atoms with E-state index < -0.39 is 0 Å². The zero-order valence-electron chi connectivity index (χ0n) is 15.9. The van der Waals surface area contributed by atoms with E-state index in [0.29, 0.717) is 38.3 Å². The molecule has 0 spiro atoms. The van der Waals surface area contributed by atoms with Crippen molar-refractivity contribution in [2.24, 2.45) is 7.05 Å². The number of aromatic nitrogens is 3. The van der Waals surface area contributed by atoms with Gasteiger partial charge in [0.15, 0.2) is 0 Å². The van der Waals surface area contributed by atoms with Gasteiger partial charge in [-0.15, -0.1) is 0 Å². The SMILES string of the molecule is C[C@@H]1Cc2c(nn(C)c2C(=O)N2CCN(c3ccc(F)cn3)CC2)[C@H](C)O1. The lowest BCUT2D eigenvalue weighted by molar-refractivity contribution is -0.00714. The van der Waals surface area contributed by atoms with Crippen LogP contribution in [0.15, 0.2) is 18.3 Å². The molecule has 2 atom stereocenters. The molecule has 2 aromatic heterocycles. The van der Waals surface area contributed by atoms with Gasteiger partial charge in [-0.1, -0.05) is 0 Å². The Morgan fingerprint density at radius 3 is 2.63 bits per heavy atom. The molecule has 7 nitrogen and oxygen atoms in total. The van der Waals surface area contributed by atoms with Crippen molar-refractivity contribution in [3.05, 3.63) is 41.1 Å². The number of halogens is 1. The van der Waals surface area contributed by atoms with E-state index >= 15 is 0 Å². The molecule has 27 heavy (non-hydrogen) atoms. The van der Waals surface area contributed by atoms with E-state index in [4.69, 9.17) is 4.74 Å². The molecule has 1 saturated heterocycles. The van der Waals surface area contributed by atoms with E-state index in [1.807, 2.05) is 25.8 Å². The van der Waals surface area contributed by atoms with Crippen LogP contribution in [0.5, 0.6) is 0 Å². The van der Waals surface area contributed by atoms with Gasteiger partial charge in [-0.3, -0.25) is 9.48 Å². The number of ether oxygens (including phenoxy) is 1. The summed E-state index contributed by atoms with van der Waals surface area (Å²) in [6, 6.07) is 3.08. The normalized spacial score (nSPS) is 22.7. The highest BCUT2D eigenvalue weighted by molar-refractivity contribution is 5.94. The minimum Gasteiger partial charge on any atom is -0.369 e. The van der Waals surface area contributed by atoms with Crippen molar-refractivity contribution in [2.45, 2.75) is 32.5 Å². The second-order valence-corrected chi connectivity index (χ2v) is 7.24. The van der Waals surface area contributed by atoms with Gasteiger partial charge in [-0.2, -0.15) is 5.10 Å². The third-order valence-electron chi connectivity index (χ3n) is 5.29. The first kappa shape index (κ1) is 17.9. The maximum absolute atomic E-state index is 13.2. The van der Waals surface area contributed by atoms with E-state index in [1.54, 1.807) is 10.7 Å². The van der Waals surface area contributed by atoms with Crippen molar-refractivity contribution in [1.29, 1.82) is 0 Å². The number of aryl methyl sites for hydroxylation is 1. The lowest BCUT2D eigenvalue weighted by Gasteiger charge is -2.35. The van der Waals surface area contributed by atoms with Crippen molar-refractivity contribution in [2.75, 3.05) is 31.1 Å².